The number of benzene rings is 1. The lowest BCUT2D eigenvalue weighted by Crippen LogP contribution is -2.49. The SMILES string of the molecule is CCN(CC)S(=O)(=O)c1ccc(N2C[C@H](C(=O)N[C@@]3(C)CCS(=O)(=O)C3)CC2=O)cc1. The predicted molar refractivity (Wildman–Crippen MR) is 117 cm³/mol. The Morgan fingerprint density at radius 1 is 1.23 bits per heavy atom. The van der Waals surface area contributed by atoms with Crippen molar-refractivity contribution >= 4 is 37.4 Å². The Labute approximate surface area is 183 Å². The zero-order valence-corrected chi connectivity index (χ0v) is 19.6. The standard InChI is InChI=1S/C20H29N3O6S2/c1-4-22(5-2)31(28,29)17-8-6-16(7-9-17)23-13-15(12-18(23)24)19(25)21-20(3)10-11-30(26,27)14-20/h6-9,15H,4-5,10-14H2,1-3H3,(H,21,25)/t15-,20+/m1/s1. The highest BCUT2D eigenvalue weighted by Gasteiger charge is 2.42. The average Bonchev–Trinajstić information content (AvgIpc) is 3.21. The molecular weight excluding hydrogens is 442 g/mol. The van der Waals surface area contributed by atoms with Gasteiger partial charge in [-0.15, -0.1) is 0 Å². The molecule has 0 spiro atoms. The van der Waals surface area contributed by atoms with Gasteiger partial charge in [0.25, 0.3) is 0 Å². The first-order valence-electron chi connectivity index (χ1n) is 10.3. The van der Waals surface area contributed by atoms with Crippen molar-refractivity contribution in [2.24, 2.45) is 5.92 Å². The Kier molecular flexibility index (Phi) is 6.50. The van der Waals surface area contributed by atoms with E-state index in [9.17, 15) is 26.4 Å². The fourth-order valence-electron chi connectivity index (χ4n) is 4.15. The summed E-state index contributed by atoms with van der Waals surface area (Å²) >= 11 is 0. The number of hydrogen-bond acceptors (Lipinski definition) is 6. The van der Waals surface area contributed by atoms with Gasteiger partial charge in [-0.25, -0.2) is 16.8 Å². The first kappa shape index (κ1) is 23.7. The molecule has 0 saturated carbocycles. The summed E-state index contributed by atoms with van der Waals surface area (Å²) in [6.07, 6.45) is 0.377. The van der Waals surface area contributed by atoms with Gasteiger partial charge in [0, 0.05) is 31.7 Å². The van der Waals surface area contributed by atoms with Crippen LogP contribution in [0.3, 0.4) is 0 Å². The Bertz CT molecular complexity index is 1060. The number of nitrogens with zero attached hydrogens (tertiary/aromatic N) is 2. The number of rotatable bonds is 7. The summed E-state index contributed by atoms with van der Waals surface area (Å²) in [6, 6.07) is 6.07. The third-order valence-corrected chi connectivity index (χ3v) is 9.88. The van der Waals surface area contributed by atoms with E-state index in [0.717, 1.165) is 0 Å². The Morgan fingerprint density at radius 3 is 2.35 bits per heavy atom. The Morgan fingerprint density at radius 2 is 1.84 bits per heavy atom. The highest BCUT2D eigenvalue weighted by molar-refractivity contribution is 7.91. The Balaban J connectivity index is 1.70. The van der Waals surface area contributed by atoms with Gasteiger partial charge in [0.2, 0.25) is 21.8 Å². The molecule has 172 valence electrons. The molecule has 2 fully saturated rings. The zero-order valence-electron chi connectivity index (χ0n) is 18.0. The molecule has 0 aromatic heterocycles. The quantitative estimate of drug-likeness (QED) is 0.627. The molecule has 1 N–H and O–H groups in total. The Hall–Kier alpha value is -1.98. The molecule has 31 heavy (non-hydrogen) atoms. The maximum atomic E-state index is 12.7. The van der Waals surface area contributed by atoms with Crippen LogP contribution in [0.4, 0.5) is 5.69 Å². The van der Waals surface area contributed by atoms with Crippen molar-refractivity contribution in [3.8, 4) is 0 Å². The molecule has 0 aliphatic carbocycles. The monoisotopic (exact) mass is 471 g/mol. The van der Waals surface area contributed by atoms with Crippen molar-refractivity contribution in [2.45, 2.75) is 44.0 Å². The summed E-state index contributed by atoms with van der Waals surface area (Å²) in [5, 5.41) is 2.82. The molecule has 0 unspecified atom stereocenters. The van der Waals surface area contributed by atoms with E-state index in [1.807, 2.05) is 0 Å². The number of carbonyl (C=O) groups is 2. The summed E-state index contributed by atoms with van der Waals surface area (Å²) in [4.78, 5) is 26.8. The van der Waals surface area contributed by atoms with E-state index in [1.165, 1.54) is 21.3 Å². The fourth-order valence-corrected chi connectivity index (χ4v) is 7.70. The van der Waals surface area contributed by atoms with E-state index in [0.29, 0.717) is 25.2 Å². The van der Waals surface area contributed by atoms with Crippen LogP contribution in [0.1, 0.15) is 33.6 Å². The molecule has 1 aromatic rings. The van der Waals surface area contributed by atoms with Crippen LogP contribution in [0, 0.1) is 5.92 Å². The maximum Gasteiger partial charge on any atom is 0.243 e. The number of amides is 2. The third-order valence-electron chi connectivity index (χ3n) is 5.92. The maximum absolute atomic E-state index is 12.7. The number of anilines is 1. The van der Waals surface area contributed by atoms with Crippen molar-refractivity contribution < 1.29 is 26.4 Å². The van der Waals surface area contributed by atoms with Gasteiger partial charge in [0.15, 0.2) is 9.84 Å². The lowest BCUT2D eigenvalue weighted by Gasteiger charge is -2.25. The van der Waals surface area contributed by atoms with Crippen molar-refractivity contribution in [3.05, 3.63) is 24.3 Å². The van der Waals surface area contributed by atoms with E-state index < -0.39 is 31.3 Å². The average molecular weight is 472 g/mol. The van der Waals surface area contributed by atoms with Gasteiger partial charge in [0.05, 0.1) is 27.9 Å². The zero-order chi connectivity index (χ0) is 23.0. The normalized spacial score (nSPS) is 25.9. The molecule has 11 heteroatoms. The van der Waals surface area contributed by atoms with Crippen LogP contribution in [-0.4, -0.2) is 69.6 Å². The molecule has 9 nitrogen and oxygen atoms in total. The van der Waals surface area contributed by atoms with E-state index in [1.54, 1.807) is 32.9 Å². The minimum absolute atomic E-state index is 0.0220. The van der Waals surface area contributed by atoms with Gasteiger partial charge < -0.3 is 10.2 Å². The number of carbonyl (C=O) groups excluding carboxylic acids is 2. The van der Waals surface area contributed by atoms with Gasteiger partial charge >= 0.3 is 0 Å². The second-order valence-corrected chi connectivity index (χ2v) is 12.5. The molecule has 2 amide bonds. The van der Waals surface area contributed by atoms with E-state index in [2.05, 4.69) is 5.32 Å². The molecule has 2 saturated heterocycles. The molecule has 2 heterocycles. The fraction of sp³-hybridized carbons (Fsp3) is 0.600. The van der Waals surface area contributed by atoms with Gasteiger partial charge in [-0.05, 0) is 37.6 Å². The van der Waals surface area contributed by atoms with Crippen LogP contribution in [-0.2, 0) is 29.4 Å². The number of hydrogen-bond donors (Lipinski definition) is 1. The molecule has 2 aliphatic rings. The third kappa shape index (κ3) is 4.93. The molecular formula is C20H29N3O6S2. The topological polar surface area (TPSA) is 121 Å². The van der Waals surface area contributed by atoms with Gasteiger partial charge in [-0.3, -0.25) is 9.59 Å². The first-order valence-corrected chi connectivity index (χ1v) is 13.6. The number of sulfonamides is 1. The van der Waals surface area contributed by atoms with Crippen LogP contribution < -0.4 is 10.2 Å². The lowest BCUT2D eigenvalue weighted by atomic mass is 9.99. The van der Waals surface area contributed by atoms with Crippen LogP contribution in [0.2, 0.25) is 0 Å². The first-order chi connectivity index (χ1) is 14.4. The van der Waals surface area contributed by atoms with E-state index in [-0.39, 0.29) is 41.2 Å². The van der Waals surface area contributed by atoms with Gasteiger partial charge in [-0.2, -0.15) is 4.31 Å². The molecule has 2 aliphatic heterocycles. The molecule has 0 radical (unpaired) electrons. The highest BCUT2D eigenvalue weighted by atomic mass is 32.2. The minimum Gasteiger partial charge on any atom is -0.350 e. The summed E-state index contributed by atoms with van der Waals surface area (Å²) in [6.45, 7) is 6.13. The van der Waals surface area contributed by atoms with Crippen molar-refractivity contribution in [2.75, 3.05) is 36.0 Å². The lowest BCUT2D eigenvalue weighted by molar-refractivity contribution is -0.127. The summed E-state index contributed by atoms with van der Waals surface area (Å²) in [5.41, 5.74) is -0.291. The van der Waals surface area contributed by atoms with Crippen LogP contribution >= 0.6 is 0 Å². The van der Waals surface area contributed by atoms with Crippen LogP contribution in [0.25, 0.3) is 0 Å². The second-order valence-electron chi connectivity index (χ2n) is 8.38. The van der Waals surface area contributed by atoms with Crippen LogP contribution in [0.5, 0.6) is 0 Å². The molecule has 2 atom stereocenters. The summed E-state index contributed by atoms with van der Waals surface area (Å²) < 4.78 is 50.1. The number of nitrogens with one attached hydrogen (secondary N) is 1. The predicted octanol–water partition coefficient (Wildman–Crippen LogP) is 0.763. The number of sulfone groups is 1. The van der Waals surface area contributed by atoms with Gasteiger partial charge in [0.1, 0.15) is 0 Å². The van der Waals surface area contributed by atoms with Crippen molar-refractivity contribution in [3.63, 3.8) is 0 Å². The van der Waals surface area contributed by atoms with Crippen molar-refractivity contribution in [1.29, 1.82) is 0 Å². The van der Waals surface area contributed by atoms with E-state index >= 15 is 0 Å². The minimum atomic E-state index is -3.59. The van der Waals surface area contributed by atoms with Crippen LogP contribution in [0.15, 0.2) is 29.2 Å². The molecule has 3 rings (SSSR count). The summed E-state index contributed by atoms with van der Waals surface area (Å²) in [7, 11) is -6.75. The summed E-state index contributed by atoms with van der Waals surface area (Å²) in [5.74, 6) is -1.22. The van der Waals surface area contributed by atoms with E-state index in [4.69, 9.17) is 0 Å². The second kappa shape index (κ2) is 8.51. The van der Waals surface area contributed by atoms with Gasteiger partial charge in [-0.1, -0.05) is 13.8 Å². The highest BCUT2D eigenvalue weighted by Crippen LogP contribution is 2.29. The molecule has 0 bridgehead atoms. The largest absolute Gasteiger partial charge is 0.350 e. The smallest absolute Gasteiger partial charge is 0.243 e. The van der Waals surface area contributed by atoms with Crippen molar-refractivity contribution in [1.82, 2.24) is 9.62 Å². The molecule has 1 aromatic carbocycles.